The van der Waals surface area contributed by atoms with Gasteiger partial charge < -0.3 is 14.7 Å². The van der Waals surface area contributed by atoms with E-state index >= 15 is 0 Å². The van der Waals surface area contributed by atoms with Crippen molar-refractivity contribution in [1.82, 2.24) is 24.8 Å². The molecule has 0 radical (unpaired) electrons. The molecule has 4 rings (SSSR count). The molecule has 0 unspecified atom stereocenters. The summed E-state index contributed by atoms with van der Waals surface area (Å²) < 4.78 is 0. The Kier molecular flexibility index (Phi) is 6.53. The molecule has 8 heteroatoms. The molecular formula is C25H30N6O2. The summed E-state index contributed by atoms with van der Waals surface area (Å²) >= 11 is 0. The fourth-order valence-corrected chi connectivity index (χ4v) is 4.11. The standard InChI is InChI=1S/C25H30N6O2/c1-17(32)30(4)16-21-14-23(29(2)3)28-24(27-21)20-8-6-12-31(15-20)25(33)19-9-10-22-18(13-19)7-5-11-26-22/h5,7,9-11,13-14,20H,6,8,12,15-16H2,1-4H3/t20-/m0/s1. The topological polar surface area (TPSA) is 82.5 Å². The van der Waals surface area contributed by atoms with E-state index in [2.05, 4.69) is 4.98 Å². The van der Waals surface area contributed by atoms with Gasteiger partial charge in [-0.05, 0) is 37.1 Å². The Labute approximate surface area is 194 Å². The molecule has 33 heavy (non-hydrogen) atoms. The van der Waals surface area contributed by atoms with Crippen LogP contribution in [-0.2, 0) is 11.3 Å². The molecule has 8 nitrogen and oxygen atoms in total. The molecule has 1 fully saturated rings. The fraction of sp³-hybridized carbons (Fsp3) is 0.400. The van der Waals surface area contributed by atoms with E-state index in [1.54, 1.807) is 25.1 Å². The summed E-state index contributed by atoms with van der Waals surface area (Å²) in [7, 11) is 5.64. The largest absolute Gasteiger partial charge is 0.363 e. The third-order valence-corrected chi connectivity index (χ3v) is 6.10. The summed E-state index contributed by atoms with van der Waals surface area (Å²) in [6.45, 7) is 3.26. The zero-order valence-electron chi connectivity index (χ0n) is 19.7. The fourth-order valence-electron chi connectivity index (χ4n) is 4.11. The van der Waals surface area contributed by atoms with Gasteiger partial charge in [-0.2, -0.15) is 0 Å². The van der Waals surface area contributed by atoms with Crippen molar-refractivity contribution in [3.8, 4) is 0 Å². The Morgan fingerprint density at radius 1 is 1.12 bits per heavy atom. The third-order valence-electron chi connectivity index (χ3n) is 6.10. The summed E-state index contributed by atoms with van der Waals surface area (Å²) in [5, 5.41) is 0.957. The van der Waals surface area contributed by atoms with Gasteiger partial charge in [-0.1, -0.05) is 6.07 Å². The summed E-state index contributed by atoms with van der Waals surface area (Å²) in [5.74, 6) is 1.59. The van der Waals surface area contributed by atoms with Crippen LogP contribution in [0.4, 0.5) is 5.82 Å². The van der Waals surface area contributed by atoms with Gasteiger partial charge in [0, 0.05) is 70.3 Å². The van der Waals surface area contributed by atoms with Crippen LogP contribution in [-0.4, -0.2) is 70.8 Å². The number of carbonyl (C=O) groups excluding carboxylic acids is 2. The molecule has 1 atom stereocenters. The first-order valence-electron chi connectivity index (χ1n) is 11.2. The Balaban J connectivity index is 1.57. The number of hydrogen-bond donors (Lipinski definition) is 0. The predicted molar refractivity (Wildman–Crippen MR) is 128 cm³/mol. The van der Waals surface area contributed by atoms with Gasteiger partial charge in [0.15, 0.2) is 0 Å². The summed E-state index contributed by atoms with van der Waals surface area (Å²) in [6, 6.07) is 11.4. The number of nitrogens with zero attached hydrogens (tertiary/aromatic N) is 6. The summed E-state index contributed by atoms with van der Waals surface area (Å²) in [6.07, 6.45) is 3.57. The number of piperidine rings is 1. The van der Waals surface area contributed by atoms with Crippen molar-refractivity contribution in [1.29, 1.82) is 0 Å². The molecule has 1 aliphatic heterocycles. The summed E-state index contributed by atoms with van der Waals surface area (Å²) in [5.41, 5.74) is 2.34. The van der Waals surface area contributed by atoms with E-state index in [4.69, 9.17) is 9.97 Å². The lowest BCUT2D eigenvalue weighted by Gasteiger charge is -2.32. The first-order chi connectivity index (χ1) is 15.8. The van der Waals surface area contributed by atoms with Crippen molar-refractivity contribution in [3.63, 3.8) is 0 Å². The smallest absolute Gasteiger partial charge is 0.253 e. The average molecular weight is 447 g/mol. The van der Waals surface area contributed by atoms with Crippen LogP contribution < -0.4 is 4.90 Å². The van der Waals surface area contributed by atoms with Crippen LogP contribution in [0.2, 0.25) is 0 Å². The molecule has 2 aromatic heterocycles. The number of pyridine rings is 1. The molecule has 2 amide bonds. The number of benzene rings is 1. The quantitative estimate of drug-likeness (QED) is 0.599. The van der Waals surface area contributed by atoms with Crippen LogP contribution in [0.25, 0.3) is 10.9 Å². The lowest BCUT2D eigenvalue weighted by Crippen LogP contribution is -2.39. The van der Waals surface area contributed by atoms with Crippen LogP contribution in [0.1, 0.15) is 47.6 Å². The van der Waals surface area contributed by atoms with E-state index in [-0.39, 0.29) is 17.7 Å². The molecular weight excluding hydrogens is 416 g/mol. The highest BCUT2D eigenvalue weighted by Gasteiger charge is 2.28. The second-order valence-corrected chi connectivity index (χ2v) is 8.85. The van der Waals surface area contributed by atoms with Crippen LogP contribution in [0, 0.1) is 0 Å². The Morgan fingerprint density at radius 2 is 1.94 bits per heavy atom. The zero-order chi connectivity index (χ0) is 23.5. The number of aromatic nitrogens is 3. The van der Waals surface area contributed by atoms with Crippen LogP contribution >= 0.6 is 0 Å². The summed E-state index contributed by atoms with van der Waals surface area (Å²) in [4.78, 5) is 44.4. The maximum absolute atomic E-state index is 13.3. The highest BCUT2D eigenvalue weighted by Crippen LogP contribution is 2.28. The van der Waals surface area contributed by atoms with Crippen LogP contribution in [0.3, 0.4) is 0 Å². The number of anilines is 1. The maximum Gasteiger partial charge on any atom is 0.253 e. The molecule has 0 aliphatic carbocycles. The molecule has 0 bridgehead atoms. The number of carbonyl (C=O) groups is 2. The lowest BCUT2D eigenvalue weighted by atomic mass is 9.96. The molecule has 1 aromatic carbocycles. The van der Waals surface area contributed by atoms with E-state index in [1.807, 2.05) is 60.3 Å². The van der Waals surface area contributed by atoms with Crippen molar-refractivity contribution in [2.75, 3.05) is 39.1 Å². The number of amides is 2. The van der Waals surface area contributed by atoms with E-state index in [0.717, 1.165) is 41.1 Å². The van der Waals surface area contributed by atoms with Crippen molar-refractivity contribution in [2.24, 2.45) is 0 Å². The first-order valence-corrected chi connectivity index (χ1v) is 11.2. The highest BCUT2D eigenvalue weighted by molar-refractivity contribution is 5.98. The van der Waals surface area contributed by atoms with Gasteiger partial charge >= 0.3 is 0 Å². The van der Waals surface area contributed by atoms with Gasteiger partial charge in [-0.25, -0.2) is 9.97 Å². The van der Waals surface area contributed by atoms with E-state index in [9.17, 15) is 9.59 Å². The third kappa shape index (κ3) is 5.10. The molecule has 172 valence electrons. The molecule has 0 spiro atoms. The first kappa shape index (κ1) is 22.6. The van der Waals surface area contributed by atoms with Gasteiger partial charge in [0.05, 0.1) is 17.8 Å². The van der Waals surface area contributed by atoms with Crippen molar-refractivity contribution in [2.45, 2.75) is 32.2 Å². The van der Waals surface area contributed by atoms with Crippen molar-refractivity contribution in [3.05, 3.63) is 59.7 Å². The Hall–Kier alpha value is -3.55. The molecule has 0 N–H and O–H groups in total. The zero-order valence-corrected chi connectivity index (χ0v) is 19.7. The molecule has 3 heterocycles. The molecule has 0 saturated carbocycles. The van der Waals surface area contributed by atoms with Gasteiger partial charge in [0.25, 0.3) is 5.91 Å². The monoisotopic (exact) mass is 446 g/mol. The minimum Gasteiger partial charge on any atom is -0.363 e. The second kappa shape index (κ2) is 9.52. The van der Waals surface area contributed by atoms with E-state index < -0.39 is 0 Å². The SMILES string of the molecule is CC(=O)N(C)Cc1cc(N(C)C)nc([C@H]2CCCN(C(=O)c3ccc4ncccc4c3)C2)n1. The normalized spacial score (nSPS) is 16.0. The van der Waals surface area contributed by atoms with E-state index in [0.29, 0.717) is 25.2 Å². The molecule has 1 aliphatic rings. The van der Waals surface area contributed by atoms with Gasteiger partial charge in [-0.3, -0.25) is 14.6 Å². The lowest BCUT2D eigenvalue weighted by molar-refractivity contribution is -0.128. The number of rotatable bonds is 5. The van der Waals surface area contributed by atoms with Crippen LogP contribution in [0.5, 0.6) is 0 Å². The number of fused-ring (bicyclic) bond motifs is 1. The maximum atomic E-state index is 13.3. The second-order valence-electron chi connectivity index (χ2n) is 8.85. The molecule has 1 saturated heterocycles. The minimum atomic E-state index is -0.0124. The van der Waals surface area contributed by atoms with Gasteiger partial charge in [0.2, 0.25) is 5.91 Å². The van der Waals surface area contributed by atoms with E-state index in [1.165, 1.54) is 0 Å². The van der Waals surface area contributed by atoms with Gasteiger partial charge in [-0.15, -0.1) is 0 Å². The Morgan fingerprint density at radius 3 is 2.70 bits per heavy atom. The van der Waals surface area contributed by atoms with Crippen molar-refractivity contribution < 1.29 is 9.59 Å². The number of hydrogen-bond acceptors (Lipinski definition) is 6. The van der Waals surface area contributed by atoms with Crippen LogP contribution in [0.15, 0.2) is 42.6 Å². The molecule has 3 aromatic rings. The Bertz CT molecular complexity index is 1180. The minimum absolute atomic E-state index is 0.0124. The van der Waals surface area contributed by atoms with Gasteiger partial charge in [0.1, 0.15) is 11.6 Å². The predicted octanol–water partition coefficient (Wildman–Crippen LogP) is 3.09. The van der Waals surface area contributed by atoms with Crippen molar-refractivity contribution >= 4 is 28.5 Å². The number of likely N-dealkylation sites (tertiary alicyclic amines) is 1. The average Bonchev–Trinajstić information content (AvgIpc) is 2.83. The highest BCUT2D eigenvalue weighted by atomic mass is 16.2.